The molecule has 4 heteroatoms. The summed E-state index contributed by atoms with van der Waals surface area (Å²) >= 11 is 0. The molecule has 2 N–H and O–H groups in total. The molecule has 0 fully saturated rings. The molecule has 1 aromatic heterocycles. The van der Waals surface area contributed by atoms with E-state index in [4.69, 9.17) is 10.5 Å². The Bertz CT molecular complexity index is 252. The lowest BCUT2D eigenvalue weighted by molar-refractivity contribution is 0.383. The highest BCUT2D eigenvalue weighted by molar-refractivity contribution is 5.20. The Morgan fingerprint density at radius 2 is 2.17 bits per heavy atom. The van der Waals surface area contributed by atoms with Gasteiger partial charge in [0.2, 0.25) is 5.88 Å². The normalized spacial score (nSPS) is 12.6. The van der Waals surface area contributed by atoms with Gasteiger partial charge in [0.15, 0.2) is 0 Å². The zero-order valence-corrected chi connectivity index (χ0v) is 7.32. The lowest BCUT2D eigenvalue weighted by atomic mass is 10.2. The van der Waals surface area contributed by atoms with Gasteiger partial charge in [-0.3, -0.25) is 4.98 Å². The first-order valence-electron chi connectivity index (χ1n) is 3.90. The van der Waals surface area contributed by atoms with Crippen molar-refractivity contribution in [3.63, 3.8) is 0 Å². The minimum atomic E-state index is -0.0892. The topological polar surface area (TPSA) is 61.0 Å². The van der Waals surface area contributed by atoms with E-state index in [1.165, 1.54) is 0 Å². The molecule has 0 aliphatic carbocycles. The average molecular weight is 167 g/mol. The minimum absolute atomic E-state index is 0.0892. The second-order valence-electron chi connectivity index (χ2n) is 2.47. The van der Waals surface area contributed by atoms with Crippen LogP contribution >= 0.6 is 0 Å². The summed E-state index contributed by atoms with van der Waals surface area (Å²) in [6.45, 7) is 2.00. The molecule has 0 aromatic carbocycles. The smallest absolute Gasteiger partial charge is 0.236 e. The van der Waals surface area contributed by atoms with Crippen LogP contribution in [0.25, 0.3) is 0 Å². The van der Waals surface area contributed by atoms with Gasteiger partial charge in [0, 0.05) is 12.4 Å². The standard InChI is InChI=1S/C8H13N3O/c1-3-6(9)7-8(12-2)11-5-4-10-7/h4-6H,3,9H2,1-2H3. The van der Waals surface area contributed by atoms with Crippen LogP contribution in [0.1, 0.15) is 25.1 Å². The van der Waals surface area contributed by atoms with Crippen LogP contribution in [0.3, 0.4) is 0 Å². The second-order valence-corrected chi connectivity index (χ2v) is 2.47. The molecule has 0 saturated carbocycles. The molecular weight excluding hydrogens is 154 g/mol. The maximum absolute atomic E-state index is 5.79. The largest absolute Gasteiger partial charge is 0.480 e. The Morgan fingerprint density at radius 1 is 1.50 bits per heavy atom. The van der Waals surface area contributed by atoms with Crippen molar-refractivity contribution in [1.82, 2.24) is 9.97 Å². The quantitative estimate of drug-likeness (QED) is 0.726. The molecule has 1 aromatic rings. The van der Waals surface area contributed by atoms with Crippen LogP contribution in [0, 0.1) is 0 Å². The van der Waals surface area contributed by atoms with Crippen LogP contribution in [0.15, 0.2) is 12.4 Å². The third-order valence-electron chi connectivity index (χ3n) is 1.68. The molecule has 1 atom stereocenters. The highest BCUT2D eigenvalue weighted by Crippen LogP contribution is 2.19. The van der Waals surface area contributed by atoms with E-state index >= 15 is 0 Å². The van der Waals surface area contributed by atoms with E-state index in [1.807, 2.05) is 6.92 Å². The SMILES string of the molecule is CCC(N)c1nccnc1OC. The number of nitrogens with zero attached hydrogens (tertiary/aromatic N) is 2. The maximum atomic E-state index is 5.79. The Hall–Kier alpha value is -1.16. The molecule has 0 aliphatic rings. The van der Waals surface area contributed by atoms with Crippen LogP contribution in [0.5, 0.6) is 5.88 Å². The summed E-state index contributed by atoms with van der Waals surface area (Å²) < 4.78 is 5.01. The summed E-state index contributed by atoms with van der Waals surface area (Å²) in [5.74, 6) is 0.520. The Kier molecular flexibility index (Phi) is 2.99. The van der Waals surface area contributed by atoms with Gasteiger partial charge in [-0.05, 0) is 6.42 Å². The zero-order valence-electron chi connectivity index (χ0n) is 7.32. The van der Waals surface area contributed by atoms with E-state index in [1.54, 1.807) is 19.5 Å². The maximum Gasteiger partial charge on any atom is 0.236 e. The third kappa shape index (κ3) is 1.71. The number of nitrogens with two attached hydrogens (primary N) is 1. The number of hydrogen-bond donors (Lipinski definition) is 1. The number of rotatable bonds is 3. The van der Waals surface area contributed by atoms with Gasteiger partial charge < -0.3 is 10.5 Å². The van der Waals surface area contributed by atoms with Crippen molar-refractivity contribution in [3.05, 3.63) is 18.1 Å². The molecule has 4 nitrogen and oxygen atoms in total. The van der Waals surface area contributed by atoms with Gasteiger partial charge in [-0.15, -0.1) is 0 Å². The average Bonchev–Trinajstić information content (AvgIpc) is 2.16. The molecule has 12 heavy (non-hydrogen) atoms. The predicted molar refractivity (Wildman–Crippen MR) is 45.8 cm³/mol. The van der Waals surface area contributed by atoms with E-state index < -0.39 is 0 Å². The van der Waals surface area contributed by atoms with Crippen molar-refractivity contribution in [1.29, 1.82) is 0 Å². The van der Waals surface area contributed by atoms with E-state index in [0.29, 0.717) is 5.88 Å². The van der Waals surface area contributed by atoms with Crippen LogP contribution < -0.4 is 10.5 Å². The van der Waals surface area contributed by atoms with Crippen molar-refractivity contribution in [2.24, 2.45) is 5.73 Å². The van der Waals surface area contributed by atoms with Crippen molar-refractivity contribution >= 4 is 0 Å². The summed E-state index contributed by atoms with van der Waals surface area (Å²) in [7, 11) is 1.57. The molecule has 0 amide bonds. The summed E-state index contributed by atoms with van der Waals surface area (Å²) in [6.07, 6.45) is 4.03. The molecule has 0 bridgehead atoms. The molecule has 1 rings (SSSR count). The summed E-state index contributed by atoms with van der Waals surface area (Å²) in [6, 6.07) is -0.0892. The fourth-order valence-corrected chi connectivity index (χ4v) is 0.941. The molecule has 0 spiro atoms. The Balaban J connectivity index is 2.96. The first-order chi connectivity index (χ1) is 5.79. The fourth-order valence-electron chi connectivity index (χ4n) is 0.941. The monoisotopic (exact) mass is 167 g/mol. The summed E-state index contributed by atoms with van der Waals surface area (Å²) in [4.78, 5) is 8.11. The van der Waals surface area contributed by atoms with Crippen molar-refractivity contribution in [2.45, 2.75) is 19.4 Å². The van der Waals surface area contributed by atoms with Crippen molar-refractivity contribution < 1.29 is 4.74 Å². The molecule has 1 unspecified atom stereocenters. The van der Waals surface area contributed by atoms with Crippen molar-refractivity contribution in [3.8, 4) is 5.88 Å². The highest BCUT2D eigenvalue weighted by Gasteiger charge is 2.11. The van der Waals surface area contributed by atoms with Gasteiger partial charge in [0.25, 0.3) is 0 Å². The van der Waals surface area contributed by atoms with Gasteiger partial charge >= 0.3 is 0 Å². The molecule has 1 heterocycles. The number of aromatic nitrogens is 2. The predicted octanol–water partition coefficient (Wildman–Crippen LogP) is 0.895. The first-order valence-corrected chi connectivity index (χ1v) is 3.90. The fraction of sp³-hybridized carbons (Fsp3) is 0.500. The van der Waals surface area contributed by atoms with E-state index in [9.17, 15) is 0 Å². The lowest BCUT2D eigenvalue weighted by Gasteiger charge is -2.10. The molecule has 0 saturated heterocycles. The summed E-state index contributed by atoms with van der Waals surface area (Å²) in [5, 5.41) is 0. The van der Waals surface area contributed by atoms with E-state index in [2.05, 4.69) is 9.97 Å². The van der Waals surface area contributed by atoms with Gasteiger partial charge in [-0.25, -0.2) is 4.98 Å². The summed E-state index contributed by atoms with van der Waals surface area (Å²) in [5.41, 5.74) is 6.51. The zero-order chi connectivity index (χ0) is 8.97. The number of ether oxygens (including phenoxy) is 1. The van der Waals surface area contributed by atoms with Crippen LogP contribution in [-0.4, -0.2) is 17.1 Å². The molecule has 66 valence electrons. The number of methoxy groups -OCH3 is 1. The van der Waals surface area contributed by atoms with Gasteiger partial charge in [-0.1, -0.05) is 6.92 Å². The van der Waals surface area contributed by atoms with Crippen LogP contribution in [-0.2, 0) is 0 Å². The van der Waals surface area contributed by atoms with Crippen LogP contribution in [0.2, 0.25) is 0 Å². The molecule has 0 aliphatic heterocycles. The highest BCUT2D eigenvalue weighted by atomic mass is 16.5. The second kappa shape index (κ2) is 4.01. The third-order valence-corrected chi connectivity index (χ3v) is 1.68. The first kappa shape index (κ1) is 8.93. The molecular formula is C8H13N3O. The van der Waals surface area contributed by atoms with Crippen LogP contribution in [0.4, 0.5) is 0 Å². The number of hydrogen-bond acceptors (Lipinski definition) is 4. The Morgan fingerprint density at radius 3 is 2.75 bits per heavy atom. The van der Waals surface area contributed by atoms with Gasteiger partial charge in [-0.2, -0.15) is 0 Å². The van der Waals surface area contributed by atoms with Crippen molar-refractivity contribution in [2.75, 3.05) is 7.11 Å². The van der Waals surface area contributed by atoms with E-state index in [0.717, 1.165) is 12.1 Å². The van der Waals surface area contributed by atoms with Gasteiger partial charge in [0.1, 0.15) is 5.69 Å². The Labute approximate surface area is 71.8 Å². The van der Waals surface area contributed by atoms with E-state index in [-0.39, 0.29) is 6.04 Å². The lowest BCUT2D eigenvalue weighted by Crippen LogP contribution is -2.12. The van der Waals surface area contributed by atoms with Gasteiger partial charge in [0.05, 0.1) is 13.2 Å². The minimum Gasteiger partial charge on any atom is -0.480 e. The molecule has 0 radical (unpaired) electrons.